The average molecular weight is 378 g/mol. The molecule has 0 aliphatic carbocycles. The van der Waals surface area contributed by atoms with E-state index in [1.54, 1.807) is 39.2 Å². The molecule has 0 saturated heterocycles. The van der Waals surface area contributed by atoms with E-state index in [9.17, 15) is 9.59 Å². The van der Waals surface area contributed by atoms with Gasteiger partial charge < -0.3 is 19.5 Å². The highest BCUT2D eigenvalue weighted by Crippen LogP contribution is 2.40. The van der Waals surface area contributed by atoms with Crippen molar-refractivity contribution < 1.29 is 23.8 Å². The van der Waals surface area contributed by atoms with E-state index in [4.69, 9.17) is 26.4 Å². The number of methoxy groups -OCH3 is 2. The maximum absolute atomic E-state index is 12.6. The fourth-order valence-corrected chi connectivity index (χ4v) is 3.26. The summed E-state index contributed by atoms with van der Waals surface area (Å²) in [5, 5.41) is 3.12. The van der Waals surface area contributed by atoms with Crippen molar-refractivity contribution in [2.45, 2.75) is 26.8 Å². The minimum atomic E-state index is -0.763. The van der Waals surface area contributed by atoms with Crippen LogP contribution >= 0.6 is 12.2 Å². The zero-order chi connectivity index (χ0) is 19.4. The average Bonchev–Trinajstić information content (AvgIpc) is 2.60. The number of benzene rings is 1. The number of esters is 1. The molecule has 2 rings (SSSR count). The summed E-state index contributed by atoms with van der Waals surface area (Å²) < 4.78 is 15.9. The van der Waals surface area contributed by atoms with Crippen LogP contribution in [0.15, 0.2) is 29.5 Å². The third kappa shape index (κ3) is 3.65. The van der Waals surface area contributed by atoms with Crippen molar-refractivity contribution in [1.82, 2.24) is 10.2 Å². The second kappa shape index (κ2) is 8.18. The standard InChI is InChI=1S/C18H22N2O5S/c1-6-25-17(22)15-10(2)19-18(26)20(11(3)21)16(15)13-8-7-12(23-4)9-14(13)24-5/h7-9,16H,6H2,1-5H3,(H,19,26). The van der Waals surface area contributed by atoms with E-state index in [0.717, 1.165) is 0 Å². The molecule has 0 bridgehead atoms. The van der Waals surface area contributed by atoms with E-state index >= 15 is 0 Å². The highest BCUT2D eigenvalue weighted by molar-refractivity contribution is 7.80. The lowest BCUT2D eigenvalue weighted by Gasteiger charge is -2.38. The Morgan fingerprint density at radius 3 is 2.50 bits per heavy atom. The van der Waals surface area contributed by atoms with Gasteiger partial charge >= 0.3 is 5.97 Å². The topological polar surface area (TPSA) is 77.1 Å². The van der Waals surface area contributed by atoms with Crippen LogP contribution in [0.4, 0.5) is 0 Å². The predicted molar refractivity (Wildman–Crippen MR) is 99.9 cm³/mol. The van der Waals surface area contributed by atoms with E-state index in [2.05, 4.69) is 5.32 Å². The number of hydrogen-bond acceptors (Lipinski definition) is 6. The first-order valence-electron chi connectivity index (χ1n) is 8.06. The quantitative estimate of drug-likeness (QED) is 0.622. The van der Waals surface area contributed by atoms with Gasteiger partial charge in [0.1, 0.15) is 17.5 Å². The summed E-state index contributed by atoms with van der Waals surface area (Å²) >= 11 is 5.33. The van der Waals surface area contributed by atoms with Gasteiger partial charge in [0.25, 0.3) is 0 Å². The molecule has 0 spiro atoms. The molecule has 0 aromatic heterocycles. The third-order valence-corrected chi connectivity index (χ3v) is 4.32. The van der Waals surface area contributed by atoms with Crippen molar-refractivity contribution in [3.05, 3.63) is 35.0 Å². The monoisotopic (exact) mass is 378 g/mol. The van der Waals surface area contributed by atoms with Crippen molar-refractivity contribution in [2.75, 3.05) is 20.8 Å². The molecule has 1 aliphatic rings. The van der Waals surface area contributed by atoms with Crippen LogP contribution in [-0.2, 0) is 14.3 Å². The van der Waals surface area contributed by atoms with Gasteiger partial charge in [0.2, 0.25) is 5.91 Å². The third-order valence-electron chi connectivity index (χ3n) is 4.02. The summed E-state index contributed by atoms with van der Waals surface area (Å²) in [4.78, 5) is 26.3. The molecule has 0 radical (unpaired) electrons. The van der Waals surface area contributed by atoms with Crippen molar-refractivity contribution >= 4 is 29.2 Å². The second-order valence-corrected chi connectivity index (χ2v) is 5.98. The normalized spacial score (nSPS) is 16.9. The Bertz CT molecular complexity index is 775. The van der Waals surface area contributed by atoms with Crippen LogP contribution in [0.1, 0.15) is 32.4 Å². The van der Waals surface area contributed by atoms with E-state index < -0.39 is 12.0 Å². The second-order valence-electron chi connectivity index (χ2n) is 5.59. The molecule has 0 fully saturated rings. The SMILES string of the molecule is CCOC(=O)C1=C(C)NC(=S)N(C(C)=O)C1c1ccc(OC)cc1OC. The van der Waals surface area contributed by atoms with Crippen LogP contribution in [0.2, 0.25) is 0 Å². The van der Waals surface area contributed by atoms with Gasteiger partial charge in [-0.25, -0.2) is 4.79 Å². The van der Waals surface area contributed by atoms with E-state index in [-0.39, 0.29) is 17.6 Å². The fourth-order valence-electron chi connectivity index (χ4n) is 2.88. The van der Waals surface area contributed by atoms with E-state index in [0.29, 0.717) is 28.3 Å². The summed E-state index contributed by atoms with van der Waals surface area (Å²) in [5.41, 5.74) is 1.45. The maximum Gasteiger partial charge on any atom is 0.338 e. The molecule has 0 saturated carbocycles. The van der Waals surface area contributed by atoms with Crippen LogP contribution < -0.4 is 14.8 Å². The first-order valence-corrected chi connectivity index (χ1v) is 8.47. The lowest BCUT2D eigenvalue weighted by Crippen LogP contribution is -2.50. The zero-order valence-electron chi connectivity index (χ0n) is 15.4. The highest BCUT2D eigenvalue weighted by atomic mass is 32.1. The van der Waals surface area contributed by atoms with Crippen molar-refractivity contribution in [3.8, 4) is 11.5 Å². The van der Waals surface area contributed by atoms with Crippen LogP contribution in [0.5, 0.6) is 11.5 Å². The molecular weight excluding hydrogens is 356 g/mol. The Hall–Kier alpha value is -2.61. The summed E-state index contributed by atoms with van der Waals surface area (Å²) in [5.74, 6) is 0.239. The van der Waals surface area contributed by atoms with Gasteiger partial charge in [-0.1, -0.05) is 0 Å². The lowest BCUT2D eigenvalue weighted by molar-refractivity contribution is -0.139. The number of ether oxygens (including phenoxy) is 3. The Morgan fingerprint density at radius 1 is 1.27 bits per heavy atom. The van der Waals surface area contributed by atoms with Gasteiger partial charge in [-0.2, -0.15) is 0 Å². The van der Waals surface area contributed by atoms with Gasteiger partial charge in [-0.3, -0.25) is 9.69 Å². The molecule has 8 heteroatoms. The minimum Gasteiger partial charge on any atom is -0.497 e. The predicted octanol–water partition coefficient (Wildman–Crippen LogP) is 2.32. The molecular formula is C18H22N2O5S. The molecule has 26 heavy (non-hydrogen) atoms. The molecule has 1 atom stereocenters. The highest BCUT2D eigenvalue weighted by Gasteiger charge is 2.40. The van der Waals surface area contributed by atoms with Crippen molar-refractivity contribution in [3.63, 3.8) is 0 Å². The van der Waals surface area contributed by atoms with Gasteiger partial charge in [-0.15, -0.1) is 0 Å². The van der Waals surface area contributed by atoms with Crippen molar-refractivity contribution in [1.29, 1.82) is 0 Å². The van der Waals surface area contributed by atoms with Crippen LogP contribution in [0, 0.1) is 0 Å². The van der Waals surface area contributed by atoms with Gasteiger partial charge in [0.05, 0.1) is 26.4 Å². The lowest BCUT2D eigenvalue weighted by atomic mass is 9.93. The molecule has 1 aromatic rings. The van der Waals surface area contributed by atoms with Gasteiger partial charge in [0.15, 0.2) is 5.11 Å². The first-order chi connectivity index (χ1) is 12.3. The number of nitrogens with zero attached hydrogens (tertiary/aromatic N) is 1. The molecule has 1 heterocycles. The van der Waals surface area contributed by atoms with Gasteiger partial charge in [-0.05, 0) is 38.2 Å². The number of amides is 1. The number of allylic oxidation sites excluding steroid dienone is 1. The number of nitrogens with one attached hydrogen (secondary N) is 1. The Morgan fingerprint density at radius 2 is 1.96 bits per heavy atom. The molecule has 7 nitrogen and oxygen atoms in total. The minimum absolute atomic E-state index is 0.214. The maximum atomic E-state index is 12.6. The van der Waals surface area contributed by atoms with Gasteiger partial charge in [0, 0.05) is 24.3 Å². The largest absolute Gasteiger partial charge is 0.497 e. The van der Waals surface area contributed by atoms with E-state index in [1.165, 1.54) is 18.9 Å². The van der Waals surface area contributed by atoms with Crippen LogP contribution in [-0.4, -0.2) is 42.7 Å². The molecule has 1 aromatic carbocycles. The van der Waals surface area contributed by atoms with Crippen LogP contribution in [0.25, 0.3) is 0 Å². The summed E-state index contributed by atoms with van der Waals surface area (Å²) in [6.45, 7) is 5.05. The fraction of sp³-hybridized carbons (Fsp3) is 0.389. The van der Waals surface area contributed by atoms with Crippen molar-refractivity contribution in [2.24, 2.45) is 0 Å². The molecule has 1 aliphatic heterocycles. The summed E-state index contributed by atoms with van der Waals surface area (Å²) in [6, 6.07) is 4.41. The smallest absolute Gasteiger partial charge is 0.338 e. The molecule has 1 N–H and O–H groups in total. The summed E-state index contributed by atoms with van der Waals surface area (Å²) in [7, 11) is 3.06. The Balaban J connectivity index is 2.71. The molecule has 1 amide bonds. The number of hydrogen-bond donors (Lipinski definition) is 1. The van der Waals surface area contributed by atoms with Crippen LogP contribution in [0.3, 0.4) is 0 Å². The summed E-state index contributed by atoms with van der Waals surface area (Å²) in [6.07, 6.45) is 0. The van der Waals surface area contributed by atoms with E-state index in [1.807, 2.05) is 0 Å². The Kier molecular flexibility index (Phi) is 6.20. The number of carbonyl (C=O) groups excluding carboxylic acids is 2. The zero-order valence-corrected chi connectivity index (χ0v) is 16.2. The Labute approximate surface area is 157 Å². The molecule has 1 unspecified atom stereocenters. The number of carbonyl (C=O) groups is 2. The number of rotatable bonds is 5. The molecule has 140 valence electrons. The number of thiocarbonyl (C=S) groups is 1. The first kappa shape index (κ1) is 19.7.